The Morgan fingerprint density at radius 3 is 2.60 bits per heavy atom. The minimum Gasteiger partial charge on any atom is -0.376 e. The van der Waals surface area contributed by atoms with Crippen molar-refractivity contribution in [3.8, 4) is 0 Å². The number of carbonyl (C=O) groups excluding carboxylic acids is 1. The third-order valence-electron chi connectivity index (χ3n) is 2.45. The van der Waals surface area contributed by atoms with Crippen molar-refractivity contribution in [3.05, 3.63) is 12.2 Å². The van der Waals surface area contributed by atoms with Crippen molar-refractivity contribution in [2.45, 2.75) is 39.5 Å². The molecule has 0 aliphatic carbocycles. The molecule has 0 bridgehead atoms. The zero-order valence-corrected chi connectivity index (χ0v) is 10.5. The topological polar surface area (TPSA) is 26.3 Å². The van der Waals surface area contributed by atoms with Gasteiger partial charge >= 0.3 is 0 Å². The van der Waals surface area contributed by atoms with Gasteiger partial charge in [-0.3, -0.25) is 4.79 Å². The smallest absolute Gasteiger partial charge is 0.250 e. The van der Waals surface area contributed by atoms with Gasteiger partial charge in [0.1, 0.15) is 0 Å². The van der Waals surface area contributed by atoms with Gasteiger partial charge in [0.25, 0.3) is 0 Å². The normalized spacial score (nSPS) is 12.5. The SMILES string of the molecule is C=C(COCC(CC)CCCC)C(=O)Cl. The quantitative estimate of drug-likeness (QED) is 0.449. The third-order valence-corrected chi connectivity index (χ3v) is 2.72. The second-order valence-electron chi connectivity index (χ2n) is 3.81. The van der Waals surface area contributed by atoms with Crippen LogP contribution in [0.5, 0.6) is 0 Å². The maximum atomic E-state index is 10.6. The fourth-order valence-electron chi connectivity index (χ4n) is 1.30. The molecule has 2 nitrogen and oxygen atoms in total. The van der Waals surface area contributed by atoms with Crippen molar-refractivity contribution in [2.75, 3.05) is 13.2 Å². The van der Waals surface area contributed by atoms with Crippen molar-refractivity contribution < 1.29 is 9.53 Å². The van der Waals surface area contributed by atoms with Gasteiger partial charge in [0.2, 0.25) is 5.24 Å². The van der Waals surface area contributed by atoms with Crippen LogP contribution < -0.4 is 0 Å². The van der Waals surface area contributed by atoms with Crippen molar-refractivity contribution in [3.63, 3.8) is 0 Å². The lowest BCUT2D eigenvalue weighted by molar-refractivity contribution is -0.109. The number of carbonyl (C=O) groups is 1. The first-order valence-corrected chi connectivity index (χ1v) is 5.94. The van der Waals surface area contributed by atoms with Gasteiger partial charge in [-0.1, -0.05) is 39.7 Å². The molecule has 0 aromatic rings. The van der Waals surface area contributed by atoms with Gasteiger partial charge in [-0.15, -0.1) is 0 Å². The lowest BCUT2D eigenvalue weighted by Crippen LogP contribution is -2.11. The van der Waals surface area contributed by atoms with E-state index in [1.807, 2.05) is 0 Å². The lowest BCUT2D eigenvalue weighted by atomic mass is 10.0. The summed E-state index contributed by atoms with van der Waals surface area (Å²) >= 11 is 5.24. The predicted octanol–water partition coefficient (Wildman–Crippen LogP) is 3.54. The monoisotopic (exact) mass is 232 g/mol. The Kier molecular flexibility index (Phi) is 8.73. The number of hydrogen-bond donors (Lipinski definition) is 0. The predicted molar refractivity (Wildman–Crippen MR) is 64.1 cm³/mol. The molecular weight excluding hydrogens is 212 g/mol. The molecule has 0 saturated carbocycles. The molecule has 0 N–H and O–H groups in total. The van der Waals surface area contributed by atoms with Crippen LogP contribution >= 0.6 is 11.6 Å². The van der Waals surface area contributed by atoms with Crippen LogP contribution in [0, 0.1) is 5.92 Å². The Balaban J connectivity index is 3.62. The molecule has 0 aliphatic rings. The minimum atomic E-state index is -0.503. The van der Waals surface area contributed by atoms with E-state index in [-0.39, 0.29) is 6.61 Å². The van der Waals surface area contributed by atoms with Gasteiger partial charge in [-0.2, -0.15) is 0 Å². The molecule has 0 aromatic heterocycles. The van der Waals surface area contributed by atoms with Crippen LogP contribution in [0.1, 0.15) is 39.5 Å². The zero-order valence-electron chi connectivity index (χ0n) is 9.72. The highest BCUT2D eigenvalue weighted by Crippen LogP contribution is 2.13. The molecule has 1 unspecified atom stereocenters. The van der Waals surface area contributed by atoms with E-state index in [9.17, 15) is 4.79 Å². The number of rotatable bonds is 9. The van der Waals surface area contributed by atoms with Crippen molar-refractivity contribution >= 4 is 16.8 Å². The summed E-state index contributed by atoms with van der Waals surface area (Å²) in [5, 5.41) is -0.503. The van der Waals surface area contributed by atoms with Gasteiger partial charge in [0, 0.05) is 12.2 Å². The van der Waals surface area contributed by atoms with E-state index in [1.54, 1.807) is 0 Å². The summed E-state index contributed by atoms with van der Waals surface area (Å²) < 4.78 is 5.40. The summed E-state index contributed by atoms with van der Waals surface area (Å²) in [4.78, 5) is 10.6. The highest BCUT2D eigenvalue weighted by atomic mass is 35.5. The van der Waals surface area contributed by atoms with E-state index >= 15 is 0 Å². The molecule has 0 radical (unpaired) electrons. The standard InChI is InChI=1S/C12H21ClO2/c1-4-6-7-11(5-2)9-15-8-10(3)12(13)14/h11H,3-9H2,1-2H3. The van der Waals surface area contributed by atoms with Gasteiger partial charge in [-0.25, -0.2) is 0 Å². The summed E-state index contributed by atoms with van der Waals surface area (Å²) in [7, 11) is 0. The van der Waals surface area contributed by atoms with Crippen LogP contribution in [-0.2, 0) is 9.53 Å². The molecule has 0 aliphatic heterocycles. The summed E-state index contributed by atoms with van der Waals surface area (Å²) in [6.45, 7) is 8.82. The van der Waals surface area contributed by atoms with Crippen molar-refractivity contribution in [1.29, 1.82) is 0 Å². The van der Waals surface area contributed by atoms with Crippen LogP contribution in [0.15, 0.2) is 12.2 Å². The van der Waals surface area contributed by atoms with Gasteiger partial charge in [-0.05, 0) is 23.9 Å². The molecular formula is C12H21ClO2. The van der Waals surface area contributed by atoms with E-state index in [2.05, 4.69) is 20.4 Å². The zero-order chi connectivity index (χ0) is 11.7. The molecule has 0 rings (SSSR count). The number of ether oxygens (including phenoxy) is 1. The minimum absolute atomic E-state index is 0.255. The highest BCUT2D eigenvalue weighted by molar-refractivity contribution is 6.67. The van der Waals surface area contributed by atoms with E-state index in [1.165, 1.54) is 19.3 Å². The van der Waals surface area contributed by atoms with E-state index in [0.29, 0.717) is 18.1 Å². The van der Waals surface area contributed by atoms with Crippen molar-refractivity contribution in [1.82, 2.24) is 0 Å². The van der Waals surface area contributed by atoms with Gasteiger partial charge < -0.3 is 4.74 Å². The van der Waals surface area contributed by atoms with Gasteiger partial charge in [0.15, 0.2) is 0 Å². The molecule has 3 heteroatoms. The summed E-state index contributed by atoms with van der Waals surface area (Å²) in [5.74, 6) is 0.586. The molecule has 0 heterocycles. The fourth-order valence-corrected chi connectivity index (χ4v) is 1.36. The van der Waals surface area contributed by atoms with Crippen LogP contribution in [0.2, 0.25) is 0 Å². The average molecular weight is 233 g/mol. The number of halogens is 1. The van der Waals surface area contributed by atoms with Crippen LogP contribution in [0.25, 0.3) is 0 Å². The average Bonchev–Trinajstić information content (AvgIpc) is 2.22. The number of hydrogen-bond acceptors (Lipinski definition) is 2. The first kappa shape index (κ1) is 14.7. The lowest BCUT2D eigenvalue weighted by Gasteiger charge is -2.14. The molecule has 0 amide bonds. The third kappa shape index (κ3) is 7.57. The maximum Gasteiger partial charge on any atom is 0.250 e. The highest BCUT2D eigenvalue weighted by Gasteiger charge is 2.08. The molecule has 0 saturated heterocycles. The Morgan fingerprint density at radius 1 is 1.47 bits per heavy atom. The number of unbranched alkanes of at least 4 members (excludes halogenated alkanes) is 1. The fraction of sp³-hybridized carbons (Fsp3) is 0.750. The molecule has 1 atom stereocenters. The van der Waals surface area contributed by atoms with E-state index in [4.69, 9.17) is 16.3 Å². The first-order valence-electron chi connectivity index (χ1n) is 5.57. The summed E-state index contributed by atoms with van der Waals surface area (Å²) in [5.41, 5.74) is 0.335. The summed E-state index contributed by atoms with van der Waals surface area (Å²) in [6, 6.07) is 0. The largest absolute Gasteiger partial charge is 0.376 e. The molecule has 0 aromatic carbocycles. The molecule has 0 spiro atoms. The van der Waals surface area contributed by atoms with E-state index in [0.717, 1.165) is 6.42 Å². The Hall–Kier alpha value is -0.340. The maximum absolute atomic E-state index is 10.6. The molecule has 88 valence electrons. The Morgan fingerprint density at radius 2 is 2.13 bits per heavy atom. The van der Waals surface area contributed by atoms with Crippen LogP contribution in [0.4, 0.5) is 0 Å². The summed E-state index contributed by atoms with van der Waals surface area (Å²) in [6.07, 6.45) is 4.75. The second-order valence-corrected chi connectivity index (χ2v) is 4.15. The second kappa shape index (κ2) is 8.93. The van der Waals surface area contributed by atoms with E-state index < -0.39 is 5.24 Å². The molecule has 15 heavy (non-hydrogen) atoms. The Labute approximate surface area is 97.6 Å². The Bertz CT molecular complexity index is 202. The van der Waals surface area contributed by atoms with Crippen molar-refractivity contribution in [2.24, 2.45) is 5.92 Å². The van der Waals surface area contributed by atoms with Crippen LogP contribution in [-0.4, -0.2) is 18.5 Å². The van der Waals surface area contributed by atoms with Gasteiger partial charge in [0.05, 0.1) is 6.61 Å². The molecule has 0 fully saturated rings. The first-order chi connectivity index (χ1) is 7.11. The van der Waals surface area contributed by atoms with Crippen LogP contribution in [0.3, 0.4) is 0 Å².